The second-order valence-electron chi connectivity index (χ2n) is 8.47. The topological polar surface area (TPSA) is 16.1 Å². The van der Waals surface area contributed by atoms with E-state index in [4.69, 9.17) is 4.98 Å². The van der Waals surface area contributed by atoms with Crippen LogP contribution < -0.4 is 0 Å². The van der Waals surface area contributed by atoms with Crippen molar-refractivity contribution in [2.45, 2.75) is 66.1 Å². The van der Waals surface area contributed by atoms with E-state index in [-0.39, 0.29) is 6.04 Å². The van der Waals surface area contributed by atoms with E-state index in [1.165, 1.54) is 16.7 Å². The molecular formula is C25H35FN2. The summed E-state index contributed by atoms with van der Waals surface area (Å²) in [5.74, 6) is 0.307. The van der Waals surface area contributed by atoms with E-state index in [2.05, 4.69) is 57.0 Å². The summed E-state index contributed by atoms with van der Waals surface area (Å²) >= 11 is 0. The predicted molar refractivity (Wildman–Crippen MR) is 118 cm³/mol. The molecule has 2 atom stereocenters. The van der Waals surface area contributed by atoms with Crippen molar-refractivity contribution in [3.63, 3.8) is 0 Å². The molecule has 0 saturated heterocycles. The van der Waals surface area contributed by atoms with Gasteiger partial charge in [-0.25, -0.2) is 4.39 Å². The van der Waals surface area contributed by atoms with E-state index in [1.54, 1.807) is 13.8 Å². The normalized spacial score (nSPS) is 17.5. The van der Waals surface area contributed by atoms with Crippen molar-refractivity contribution in [1.29, 1.82) is 0 Å². The maximum absolute atomic E-state index is 13.8. The van der Waals surface area contributed by atoms with Crippen LogP contribution >= 0.6 is 0 Å². The zero-order valence-electron chi connectivity index (χ0n) is 18.3. The SMILES string of the molecule is C=CC(C)C1=C(/C=C\C)C(=C)N(C(C)c2cc(C)c(CCC(C)(C)F)cn2)C1. The summed E-state index contributed by atoms with van der Waals surface area (Å²) in [4.78, 5) is 7.03. The monoisotopic (exact) mass is 382 g/mol. The number of hydrogen-bond acceptors (Lipinski definition) is 2. The first-order chi connectivity index (χ1) is 13.1. The molecule has 2 nitrogen and oxygen atoms in total. The second-order valence-corrected chi connectivity index (χ2v) is 8.47. The third kappa shape index (κ3) is 5.01. The highest BCUT2D eigenvalue weighted by molar-refractivity contribution is 5.49. The molecule has 2 rings (SSSR count). The highest BCUT2D eigenvalue weighted by atomic mass is 19.1. The van der Waals surface area contributed by atoms with E-state index in [1.807, 2.05) is 19.2 Å². The summed E-state index contributed by atoms with van der Waals surface area (Å²) in [5.41, 5.74) is 5.76. The number of alkyl halides is 1. The van der Waals surface area contributed by atoms with Crippen LogP contribution in [0.3, 0.4) is 0 Å². The lowest BCUT2D eigenvalue weighted by Gasteiger charge is -2.29. The highest BCUT2D eigenvalue weighted by Crippen LogP contribution is 2.38. The second kappa shape index (κ2) is 8.89. The number of rotatable bonds is 8. The summed E-state index contributed by atoms with van der Waals surface area (Å²) in [7, 11) is 0. The minimum atomic E-state index is -1.15. The van der Waals surface area contributed by atoms with Crippen molar-refractivity contribution < 1.29 is 4.39 Å². The van der Waals surface area contributed by atoms with Gasteiger partial charge in [0.05, 0.1) is 11.7 Å². The van der Waals surface area contributed by atoms with Gasteiger partial charge in [-0.1, -0.05) is 31.7 Å². The summed E-state index contributed by atoms with van der Waals surface area (Å²) in [5, 5.41) is 0. The Morgan fingerprint density at radius 2 is 2.04 bits per heavy atom. The summed E-state index contributed by atoms with van der Waals surface area (Å²) < 4.78 is 13.8. The summed E-state index contributed by atoms with van der Waals surface area (Å²) in [6.07, 6.45) is 9.33. The Labute approximate surface area is 170 Å². The number of aryl methyl sites for hydroxylation is 2. The molecule has 1 aromatic rings. The zero-order valence-corrected chi connectivity index (χ0v) is 18.3. The zero-order chi connectivity index (χ0) is 21.1. The molecule has 0 saturated carbocycles. The number of nitrogens with zero attached hydrogens (tertiary/aromatic N) is 2. The number of allylic oxidation sites excluding steroid dienone is 3. The van der Waals surface area contributed by atoms with Gasteiger partial charge in [-0.3, -0.25) is 4.98 Å². The highest BCUT2D eigenvalue weighted by Gasteiger charge is 2.30. The molecule has 0 bridgehead atoms. The maximum Gasteiger partial charge on any atom is 0.105 e. The lowest BCUT2D eigenvalue weighted by Crippen LogP contribution is -2.25. The number of halogens is 1. The molecule has 0 fully saturated rings. The van der Waals surface area contributed by atoms with Crippen LogP contribution in [0.1, 0.15) is 63.9 Å². The molecule has 2 heterocycles. The minimum Gasteiger partial charge on any atom is -0.359 e. The van der Waals surface area contributed by atoms with Crippen LogP contribution in [0.25, 0.3) is 0 Å². The maximum atomic E-state index is 13.8. The minimum absolute atomic E-state index is 0.118. The Balaban J connectivity index is 2.22. The molecule has 1 aliphatic heterocycles. The van der Waals surface area contributed by atoms with E-state index >= 15 is 0 Å². The molecule has 0 aliphatic carbocycles. The first kappa shape index (κ1) is 22.1. The first-order valence-corrected chi connectivity index (χ1v) is 10.2. The van der Waals surface area contributed by atoms with Crippen molar-refractivity contribution in [3.05, 3.63) is 77.3 Å². The predicted octanol–water partition coefficient (Wildman–Crippen LogP) is 6.66. The molecule has 1 aromatic heterocycles. The third-order valence-corrected chi connectivity index (χ3v) is 5.71. The Morgan fingerprint density at radius 3 is 2.57 bits per heavy atom. The van der Waals surface area contributed by atoms with E-state index in [9.17, 15) is 4.39 Å². The summed E-state index contributed by atoms with van der Waals surface area (Å²) in [6, 6.07) is 2.26. The average Bonchev–Trinajstić information content (AvgIpc) is 2.95. The molecule has 0 amide bonds. The van der Waals surface area contributed by atoms with Crippen molar-refractivity contribution in [2.24, 2.45) is 5.92 Å². The standard InChI is InChI=1S/C25H35FN2/c1-9-11-22-19(5)28(16-23(22)17(3)10-2)20(6)24-14-18(4)21(15-27-24)12-13-25(7,8)26/h9-11,14-15,17,20H,2,5,12-13,16H2,1,3-4,6-8H3/b11-9-. The molecule has 0 radical (unpaired) electrons. The van der Waals surface area contributed by atoms with Gasteiger partial charge in [0.2, 0.25) is 0 Å². The molecule has 2 unspecified atom stereocenters. The van der Waals surface area contributed by atoms with Gasteiger partial charge in [-0.05, 0) is 81.7 Å². The average molecular weight is 383 g/mol. The largest absolute Gasteiger partial charge is 0.359 e. The van der Waals surface area contributed by atoms with Gasteiger partial charge in [0.15, 0.2) is 0 Å². The van der Waals surface area contributed by atoms with Gasteiger partial charge < -0.3 is 4.90 Å². The summed E-state index contributed by atoms with van der Waals surface area (Å²) in [6.45, 7) is 20.9. The van der Waals surface area contributed by atoms with Crippen LogP contribution in [0.5, 0.6) is 0 Å². The molecular weight excluding hydrogens is 347 g/mol. The Hall–Kier alpha value is -2.16. The van der Waals surface area contributed by atoms with Gasteiger partial charge in [-0.15, -0.1) is 6.58 Å². The number of aromatic nitrogens is 1. The van der Waals surface area contributed by atoms with Crippen LogP contribution in [-0.2, 0) is 6.42 Å². The number of pyridine rings is 1. The van der Waals surface area contributed by atoms with Crippen molar-refractivity contribution in [1.82, 2.24) is 9.88 Å². The Kier molecular flexibility index (Phi) is 7.03. The molecule has 152 valence electrons. The van der Waals surface area contributed by atoms with Crippen molar-refractivity contribution >= 4 is 0 Å². The molecule has 3 heteroatoms. The Bertz CT molecular complexity index is 795. The van der Waals surface area contributed by atoms with Crippen LogP contribution in [-0.4, -0.2) is 22.1 Å². The van der Waals surface area contributed by atoms with Gasteiger partial charge in [0.25, 0.3) is 0 Å². The quantitative estimate of drug-likeness (QED) is 0.468. The van der Waals surface area contributed by atoms with Gasteiger partial charge in [-0.2, -0.15) is 0 Å². The molecule has 0 aromatic carbocycles. The lowest BCUT2D eigenvalue weighted by molar-refractivity contribution is 0.202. The van der Waals surface area contributed by atoms with Crippen LogP contribution in [0.15, 0.2) is 60.5 Å². The molecule has 28 heavy (non-hydrogen) atoms. The fourth-order valence-electron chi connectivity index (χ4n) is 3.66. The van der Waals surface area contributed by atoms with E-state index < -0.39 is 5.67 Å². The molecule has 0 spiro atoms. The van der Waals surface area contributed by atoms with Gasteiger partial charge in [0, 0.05) is 18.4 Å². The molecule has 0 N–H and O–H groups in total. The number of hydrogen-bond donors (Lipinski definition) is 0. The van der Waals surface area contributed by atoms with Crippen LogP contribution in [0, 0.1) is 12.8 Å². The fraction of sp³-hybridized carbons (Fsp3) is 0.480. The first-order valence-electron chi connectivity index (χ1n) is 10.2. The van der Waals surface area contributed by atoms with E-state index in [0.29, 0.717) is 18.8 Å². The molecule has 1 aliphatic rings. The lowest BCUT2D eigenvalue weighted by atomic mass is 9.97. The van der Waals surface area contributed by atoms with Gasteiger partial charge in [0.1, 0.15) is 5.67 Å². The fourth-order valence-corrected chi connectivity index (χ4v) is 3.66. The van der Waals surface area contributed by atoms with Gasteiger partial charge >= 0.3 is 0 Å². The van der Waals surface area contributed by atoms with Crippen molar-refractivity contribution in [3.8, 4) is 0 Å². The smallest absolute Gasteiger partial charge is 0.105 e. The van der Waals surface area contributed by atoms with Crippen LogP contribution in [0.4, 0.5) is 4.39 Å². The Morgan fingerprint density at radius 1 is 1.36 bits per heavy atom. The van der Waals surface area contributed by atoms with Crippen LogP contribution in [0.2, 0.25) is 0 Å². The van der Waals surface area contributed by atoms with E-state index in [0.717, 1.165) is 23.5 Å². The third-order valence-electron chi connectivity index (χ3n) is 5.71. The van der Waals surface area contributed by atoms with Crippen molar-refractivity contribution in [2.75, 3.05) is 6.54 Å².